The summed E-state index contributed by atoms with van der Waals surface area (Å²) in [5.74, 6) is 3.60. The van der Waals surface area contributed by atoms with E-state index in [0.717, 1.165) is 36.5 Å². The Kier molecular flexibility index (Phi) is 7.53. The molecule has 1 aromatic heterocycles. The Balaban J connectivity index is 1.97. The number of aromatic nitrogens is 3. The smallest absolute Gasteiger partial charge is 0.191 e. The average Bonchev–Trinajstić information content (AvgIpc) is 2.91. The maximum atomic E-state index is 4.76. The second kappa shape index (κ2) is 9.64. The Morgan fingerprint density at radius 1 is 1.29 bits per heavy atom. The number of aliphatic imine (C=N–C) groups is 1. The molecule has 2 unspecified atom stereocenters. The molecule has 1 saturated carbocycles. The first-order chi connectivity index (χ1) is 11.6. The summed E-state index contributed by atoms with van der Waals surface area (Å²) in [5.41, 5.74) is 0. The molecule has 0 radical (unpaired) electrons. The zero-order valence-electron chi connectivity index (χ0n) is 15.8. The van der Waals surface area contributed by atoms with Crippen molar-refractivity contribution in [1.29, 1.82) is 0 Å². The second-order valence-electron chi connectivity index (χ2n) is 6.95. The third kappa shape index (κ3) is 5.49. The molecule has 1 aromatic rings. The van der Waals surface area contributed by atoms with Crippen molar-refractivity contribution in [2.75, 3.05) is 6.54 Å². The summed E-state index contributed by atoms with van der Waals surface area (Å²) >= 11 is 0. The van der Waals surface area contributed by atoms with Crippen LogP contribution in [0.3, 0.4) is 0 Å². The predicted molar refractivity (Wildman–Crippen MR) is 99.0 cm³/mol. The lowest BCUT2D eigenvalue weighted by molar-refractivity contribution is 0.298. The molecule has 1 aliphatic rings. The number of rotatable bonds is 7. The topological polar surface area (TPSA) is 67.1 Å². The predicted octanol–water partition coefficient (Wildman–Crippen LogP) is 2.93. The van der Waals surface area contributed by atoms with E-state index >= 15 is 0 Å². The zero-order valence-corrected chi connectivity index (χ0v) is 15.8. The van der Waals surface area contributed by atoms with Crippen LogP contribution in [0, 0.1) is 12.8 Å². The van der Waals surface area contributed by atoms with E-state index in [1.165, 1.54) is 38.5 Å². The minimum absolute atomic E-state index is 0.540. The summed E-state index contributed by atoms with van der Waals surface area (Å²) in [6.45, 7) is 8.00. The lowest BCUT2D eigenvalue weighted by atomic mass is 9.84. The Bertz CT molecular complexity index is 522. The van der Waals surface area contributed by atoms with Gasteiger partial charge < -0.3 is 15.2 Å². The first-order valence-electron chi connectivity index (χ1n) is 9.53. The number of nitrogens with one attached hydrogen (secondary N) is 2. The SMILES string of the molecule is CCCCNC(=NCc1nnc(C)n1C)NC1CCCC(CC)C1. The van der Waals surface area contributed by atoms with Crippen LogP contribution < -0.4 is 10.6 Å². The number of nitrogens with zero attached hydrogens (tertiary/aromatic N) is 4. The van der Waals surface area contributed by atoms with Gasteiger partial charge in [0.25, 0.3) is 0 Å². The van der Waals surface area contributed by atoms with E-state index in [-0.39, 0.29) is 0 Å². The van der Waals surface area contributed by atoms with Crippen LogP contribution in [0.15, 0.2) is 4.99 Å². The summed E-state index contributed by atoms with van der Waals surface area (Å²) in [4.78, 5) is 4.76. The first kappa shape index (κ1) is 18.7. The monoisotopic (exact) mass is 334 g/mol. The maximum absolute atomic E-state index is 4.76. The number of aryl methyl sites for hydroxylation is 1. The second-order valence-corrected chi connectivity index (χ2v) is 6.95. The number of unbranched alkanes of at least 4 members (excludes halogenated alkanes) is 1. The van der Waals surface area contributed by atoms with E-state index in [0.29, 0.717) is 12.6 Å². The third-order valence-corrected chi connectivity index (χ3v) is 5.09. The fraction of sp³-hybridized carbons (Fsp3) is 0.833. The van der Waals surface area contributed by atoms with E-state index < -0.39 is 0 Å². The third-order valence-electron chi connectivity index (χ3n) is 5.09. The molecule has 2 N–H and O–H groups in total. The highest BCUT2D eigenvalue weighted by atomic mass is 15.3. The van der Waals surface area contributed by atoms with Gasteiger partial charge in [0.05, 0.1) is 0 Å². The fourth-order valence-electron chi connectivity index (χ4n) is 3.26. The molecule has 0 aliphatic heterocycles. The lowest BCUT2D eigenvalue weighted by Gasteiger charge is -2.30. The number of hydrogen-bond acceptors (Lipinski definition) is 3. The van der Waals surface area contributed by atoms with Gasteiger partial charge in [-0.2, -0.15) is 0 Å². The van der Waals surface area contributed by atoms with Gasteiger partial charge in [0.15, 0.2) is 11.8 Å². The van der Waals surface area contributed by atoms with Gasteiger partial charge in [-0.15, -0.1) is 10.2 Å². The van der Waals surface area contributed by atoms with Crippen LogP contribution in [0.5, 0.6) is 0 Å². The van der Waals surface area contributed by atoms with Crippen LogP contribution in [0.25, 0.3) is 0 Å². The zero-order chi connectivity index (χ0) is 17.4. The van der Waals surface area contributed by atoms with Crippen LogP contribution >= 0.6 is 0 Å². The largest absolute Gasteiger partial charge is 0.356 e. The molecule has 6 heteroatoms. The summed E-state index contributed by atoms with van der Waals surface area (Å²) in [6.07, 6.45) is 8.83. The molecule has 0 saturated heterocycles. The van der Waals surface area contributed by atoms with Crippen molar-refractivity contribution in [3.8, 4) is 0 Å². The van der Waals surface area contributed by atoms with Crippen molar-refractivity contribution < 1.29 is 0 Å². The number of guanidine groups is 1. The summed E-state index contributed by atoms with van der Waals surface area (Å²) < 4.78 is 2.00. The van der Waals surface area contributed by atoms with Gasteiger partial charge >= 0.3 is 0 Å². The Labute approximate surface area is 146 Å². The van der Waals surface area contributed by atoms with Gasteiger partial charge in [-0.3, -0.25) is 0 Å². The van der Waals surface area contributed by atoms with E-state index in [2.05, 4.69) is 34.7 Å². The van der Waals surface area contributed by atoms with Gasteiger partial charge in [-0.05, 0) is 32.1 Å². The fourth-order valence-corrected chi connectivity index (χ4v) is 3.26. The van der Waals surface area contributed by atoms with Gasteiger partial charge in [0, 0.05) is 19.6 Å². The minimum atomic E-state index is 0.540. The normalized spacial score (nSPS) is 21.8. The summed E-state index contributed by atoms with van der Waals surface area (Å²) in [6, 6.07) is 0.540. The molecule has 0 bridgehead atoms. The van der Waals surface area contributed by atoms with Gasteiger partial charge in [-0.1, -0.05) is 39.5 Å². The molecule has 24 heavy (non-hydrogen) atoms. The van der Waals surface area contributed by atoms with E-state index in [1.54, 1.807) is 0 Å². The summed E-state index contributed by atoms with van der Waals surface area (Å²) in [7, 11) is 1.99. The quantitative estimate of drug-likeness (QED) is 0.457. The number of hydrogen-bond donors (Lipinski definition) is 2. The molecule has 1 fully saturated rings. The highest BCUT2D eigenvalue weighted by molar-refractivity contribution is 5.80. The molecular formula is C18H34N6. The van der Waals surface area contributed by atoms with Gasteiger partial charge in [0.2, 0.25) is 0 Å². The molecule has 136 valence electrons. The van der Waals surface area contributed by atoms with E-state index in [4.69, 9.17) is 4.99 Å². The van der Waals surface area contributed by atoms with Crippen LogP contribution in [0.2, 0.25) is 0 Å². The van der Waals surface area contributed by atoms with Gasteiger partial charge in [0.1, 0.15) is 12.4 Å². The van der Waals surface area contributed by atoms with Crippen LogP contribution in [-0.4, -0.2) is 33.3 Å². The van der Waals surface area contributed by atoms with Crippen LogP contribution in [-0.2, 0) is 13.6 Å². The Morgan fingerprint density at radius 2 is 2.12 bits per heavy atom. The molecule has 6 nitrogen and oxygen atoms in total. The Hall–Kier alpha value is -1.59. The average molecular weight is 335 g/mol. The maximum Gasteiger partial charge on any atom is 0.191 e. The molecule has 0 spiro atoms. The highest BCUT2D eigenvalue weighted by Crippen LogP contribution is 2.26. The first-order valence-corrected chi connectivity index (χ1v) is 9.53. The van der Waals surface area contributed by atoms with E-state index in [9.17, 15) is 0 Å². The minimum Gasteiger partial charge on any atom is -0.356 e. The molecule has 0 amide bonds. The van der Waals surface area contributed by atoms with Crippen molar-refractivity contribution in [2.45, 2.75) is 78.3 Å². The molecular weight excluding hydrogens is 300 g/mol. The molecule has 1 heterocycles. The van der Waals surface area contributed by atoms with Crippen molar-refractivity contribution >= 4 is 5.96 Å². The van der Waals surface area contributed by atoms with Gasteiger partial charge in [-0.25, -0.2) is 4.99 Å². The Morgan fingerprint density at radius 3 is 2.79 bits per heavy atom. The van der Waals surface area contributed by atoms with Crippen molar-refractivity contribution in [3.63, 3.8) is 0 Å². The van der Waals surface area contributed by atoms with Crippen LogP contribution in [0.4, 0.5) is 0 Å². The molecule has 1 aliphatic carbocycles. The van der Waals surface area contributed by atoms with Crippen molar-refractivity contribution in [1.82, 2.24) is 25.4 Å². The van der Waals surface area contributed by atoms with Crippen LogP contribution in [0.1, 0.15) is 70.4 Å². The highest BCUT2D eigenvalue weighted by Gasteiger charge is 2.21. The molecule has 2 atom stereocenters. The molecule has 2 rings (SSSR count). The van der Waals surface area contributed by atoms with Crippen molar-refractivity contribution in [2.24, 2.45) is 18.0 Å². The standard InChI is InChI=1S/C18H34N6/c1-5-7-11-19-18(20-13-17-23-22-14(3)24(17)4)21-16-10-8-9-15(6-2)12-16/h15-16H,5-13H2,1-4H3,(H2,19,20,21). The van der Waals surface area contributed by atoms with Crippen molar-refractivity contribution in [3.05, 3.63) is 11.6 Å². The lowest BCUT2D eigenvalue weighted by Crippen LogP contribution is -2.45. The summed E-state index contributed by atoms with van der Waals surface area (Å²) in [5, 5.41) is 15.5. The molecule has 0 aromatic carbocycles. The van der Waals surface area contributed by atoms with E-state index in [1.807, 2.05) is 18.5 Å².